The van der Waals surface area contributed by atoms with Crippen molar-refractivity contribution in [3.8, 4) is 0 Å². The SMILES string of the molecule is CCOC(=O)Nc1ccc(N(Cc2ccccc2)C(=O)OC(C)(C)C)c(F)c1C. The summed E-state index contributed by atoms with van der Waals surface area (Å²) in [6.07, 6.45) is -1.33. The molecule has 0 atom stereocenters. The lowest BCUT2D eigenvalue weighted by molar-refractivity contribution is 0.0576. The number of carbonyl (C=O) groups excluding carboxylic acids is 2. The lowest BCUT2D eigenvalue weighted by Crippen LogP contribution is -2.37. The fourth-order valence-corrected chi connectivity index (χ4v) is 2.62. The first-order valence-corrected chi connectivity index (χ1v) is 9.39. The van der Waals surface area contributed by atoms with Crippen LogP contribution in [0.2, 0.25) is 0 Å². The van der Waals surface area contributed by atoms with E-state index in [9.17, 15) is 9.59 Å². The molecule has 156 valence electrons. The molecule has 0 aliphatic rings. The molecule has 0 saturated heterocycles. The Balaban J connectivity index is 2.40. The van der Waals surface area contributed by atoms with Gasteiger partial charge in [-0.3, -0.25) is 10.2 Å². The topological polar surface area (TPSA) is 67.9 Å². The Labute approximate surface area is 170 Å². The molecular weight excluding hydrogens is 375 g/mol. The van der Waals surface area contributed by atoms with Gasteiger partial charge < -0.3 is 9.47 Å². The zero-order valence-corrected chi connectivity index (χ0v) is 17.4. The normalized spacial score (nSPS) is 11.0. The van der Waals surface area contributed by atoms with Gasteiger partial charge in [-0.25, -0.2) is 14.0 Å². The second-order valence-corrected chi connectivity index (χ2v) is 7.47. The van der Waals surface area contributed by atoms with Crippen molar-refractivity contribution < 1.29 is 23.5 Å². The molecule has 29 heavy (non-hydrogen) atoms. The van der Waals surface area contributed by atoms with Crippen LogP contribution >= 0.6 is 0 Å². The number of hydrogen-bond acceptors (Lipinski definition) is 4. The summed E-state index contributed by atoms with van der Waals surface area (Å²) < 4.78 is 25.5. The van der Waals surface area contributed by atoms with Gasteiger partial charge in [-0.1, -0.05) is 30.3 Å². The number of ether oxygens (including phenoxy) is 2. The number of nitrogens with zero attached hydrogens (tertiary/aromatic N) is 1. The van der Waals surface area contributed by atoms with E-state index in [1.807, 2.05) is 30.3 Å². The van der Waals surface area contributed by atoms with E-state index in [0.29, 0.717) is 0 Å². The van der Waals surface area contributed by atoms with Gasteiger partial charge in [-0.2, -0.15) is 0 Å². The monoisotopic (exact) mass is 402 g/mol. The number of benzene rings is 2. The highest BCUT2D eigenvalue weighted by molar-refractivity contribution is 5.90. The van der Waals surface area contributed by atoms with Crippen LogP contribution < -0.4 is 10.2 Å². The average molecular weight is 402 g/mol. The lowest BCUT2D eigenvalue weighted by atomic mass is 10.1. The third kappa shape index (κ3) is 6.20. The third-order valence-electron chi connectivity index (χ3n) is 3.97. The number of halogens is 1. The van der Waals surface area contributed by atoms with Crippen molar-refractivity contribution in [1.29, 1.82) is 0 Å². The summed E-state index contributed by atoms with van der Waals surface area (Å²) in [7, 11) is 0. The molecule has 2 amide bonds. The van der Waals surface area contributed by atoms with E-state index >= 15 is 4.39 Å². The van der Waals surface area contributed by atoms with Gasteiger partial charge in [-0.05, 0) is 52.3 Å². The van der Waals surface area contributed by atoms with Crippen molar-refractivity contribution in [2.24, 2.45) is 0 Å². The van der Waals surface area contributed by atoms with Gasteiger partial charge in [0.25, 0.3) is 0 Å². The van der Waals surface area contributed by atoms with Gasteiger partial charge in [0.05, 0.1) is 18.8 Å². The van der Waals surface area contributed by atoms with Crippen LogP contribution in [0.5, 0.6) is 0 Å². The van der Waals surface area contributed by atoms with E-state index in [0.717, 1.165) is 5.56 Å². The van der Waals surface area contributed by atoms with Crippen molar-refractivity contribution in [3.05, 3.63) is 59.4 Å². The summed E-state index contributed by atoms with van der Waals surface area (Å²) in [5.74, 6) is -0.624. The van der Waals surface area contributed by atoms with Crippen LogP contribution in [0.15, 0.2) is 42.5 Å². The van der Waals surface area contributed by atoms with Crippen LogP contribution in [-0.2, 0) is 16.0 Å². The highest BCUT2D eigenvalue weighted by atomic mass is 19.1. The van der Waals surface area contributed by atoms with Crippen LogP contribution in [0.3, 0.4) is 0 Å². The molecule has 0 radical (unpaired) electrons. The highest BCUT2D eigenvalue weighted by Gasteiger charge is 2.27. The molecule has 0 aliphatic carbocycles. The lowest BCUT2D eigenvalue weighted by Gasteiger charge is -2.28. The van der Waals surface area contributed by atoms with E-state index in [2.05, 4.69) is 5.32 Å². The van der Waals surface area contributed by atoms with Crippen molar-refractivity contribution in [3.63, 3.8) is 0 Å². The maximum Gasteiger partial charge on any atom is 0.415 e. The maximum absolute atomic E-state index is 15.2. The number of carbonyl (C=O) groups is 2. The zero-order valence-electron chi connectivity index (χ0n) is 17.4. The van der Waals surface area contributed by atoms with E-state index in [-0.39, 0.29) is 30.1 Å². The number of rotatable bonds is 5. The Bertz CT molecular complexity index is 863. The summed E-state index contributed by atoms with van der Waals surface area (Å²) in [6, 6.07) is 12.2. The summed E-state index contributed by atoms with van der Waals surface area (Å²) >= 11 is 0. The summed E-state index contributed by atoms with van der Waals surface area (Å²) in [6.45, 7) is 8.79. The largest absolute Gasteiger partial charge is 0.450 e. The molecular formula is C22H27FN2O4. The minimum atomic E-state index is -0.733. The molecule has 0 bridgehead atoms. The van der Waals surface area contributed by atoms with E-state index in [1.54, 1.807) is 27.7 Å². The van der Waals surface area contributed by atoms with Crippen molar-refractivity contribution >= 4 is 23.6 Å². The van der Waals surface area contributed by atoms with Crippen LogP contribution in [0.4, 0.5) is 25.4 Å². The molecule has 0 saturated carbocycles. The second-order valence-electron chi connectivity index (χ2n) is 7.47. The number of anilines is 2. The molecule has 7 heteroatoms. The van der Waals surface area contributed by atoms with Gasteiger partial charge in [0.2, 0.25) is 0 Å². The molecule has 0 fully saturated rings. The molecule has 2 rings (SSSR count). The Morgan fingerprint density at radius 1 is 1.10 bits per heavy atom. The molecule has 0 aliphatic heterocycles. The molecule has 1 N–H and O–H groups in total. The first-order chi connectivity index (χ1) is 13.6. The fraction of sp³-hybridized carbons (Fsp3) is 0.364. The van der Waals surface area contributed by atoms with Gasteiger partial charge >= 0.3 is 12.2 Å². The number of amides is 2. The second kappa shape index (κ2) is 9.41. The first-order valence-electron chi connectivity index (χ1n) is 9.39. The number of hydrogen-bond donors (Lipinski definition) is 1. The van der Waals surface area contributed by atoms with Crippen LogP contribution in [0.25, 0.3) is 0 Å². The molecule has 0 aromatic heterocycles. The molecule has 2 aromatic carbocycles. The van der Waals surface area contributed by atoms with Gasteiger partial charge in [0.1, 0.15) is 5.60 Å². The third-order valence-corrected chi connectivity index (χ3v) is 3.97. The van der Waals surface area contributed by atoms with Crippen LogP contribution in [0.1, 0.15) is 38.8 Å². The maximum atomic E-state index is 15.2. The predicted molar refractivity (Wildman–Crippen MR) is 111 cm³/mol. The quantitative estimate of drug-likeness (QED) is 0.702. The van der Waals surface area contributed by atoms with E-state index < -0.39 is 23.6 Å². The van der Waals surface area contributed by atoms with Gasteiger partial charge in [-0.15, -0.1) is 0 Å². The highest BCUT2D eigenvalue weighted by Crippen LogP contribution is 2.30. The van der Waals surface area contributed by atoms with Crippen molar-refractivity contribution in [1.82, 2.24) is 0 Å². The average Bonchev–Trinajstić information content (AvgIpc) is 2.64. The van der Waals surface area contributed by atoms with Gasteiger partial charge in [0.15, 0.2) is 5.82 Å². The van der Waals surface area contributed by atoms with E-state index in [1.165, 1.54) is 24.0 Å². The zero-order chi connectivity index (χ0) is 21.6. The fourth-order valence-electron chi connectivity index (χ4n) is 2.62. The van der Waals surface area contributed by atoms with Crippen molar-refractivity contribution in [2.75, 3.05) is 16.8 Å². The van der Waals surface area contributed by atoms with Crippen LogP contribution in [-0.4, -0.2) is 24.4 Å². The Hall–Kier alpha value is -3.09. The Morgan fingerprint density at radius 2 is 1.76 bits per heavy atom. The minimum absolute atomic E-state index is 0.0648. The molecule has 6 nitrogen and oxygen atoms in total. The van der Waals surface area contributed by atoms with Crippen LogP contribution in [0, 0.1) is 12.7 Å². The van der Waals surface area contributed by atoms with Crippen molar-refractivity contribution in [2.45, 2.75) is 46.8 Å². The van der Waals surface area contributed by atoms with Gasteiger partial charge in [0, 0.05) is 11.3 Å². The number of nitrogens with one attached hydrogen (secondary N) is 1. The molecule has 0 heterocycles. The first kappa shape index (κ1) is 22.2. The summed E-state index contributed by atoms with van der Waals surface area (Å²) in [5, 5.41) is 2.50. The minimum Gasteiger partial charge on any atom is -0.450 e. The molecule has 0 unspecified atom stereocenters. The smallest absolute Gasteiger partial charge is 0.415 e. The Kier molecular flexibility index (Phi) is 7.20. The molecule has 2 aromatic rings. The summed E-state index contributed by atoms with van der Waals surface area (Å²) in [5.41, 5.74) is 0.619. The standard InChI is InChI=1S/C22H27FN2O4/c1-6-28-20(26)24-17-12-13-18(19(23)15(17)2)25(21(27)29-22(3,4)5)14-16-10-8-7-9-11-16/h7-13H,6,14H2,1-5H3,(H,24,26). The predicted octanol–water partition coefficient (Wildman–Crippen LogP) is 5.64. The van der Waals surface area contributed by atoms with E-state index in [4.69, 9.17) is 9.47 Å². The Morgan fingerprint density at radius 3 is 2.34 bits per heavy atom. The molecule has 0 spiro atoms. The summed E-state index contributed by atoms with van der Waals surface area (Å²) in [4.78, 5) is 25.7.